The third-order valence-corrected chi connectivity index (χ3v) is 17.0. The van der Waals surface area contributed by atoms with E-state index in [2.05, 4.69) is 5.32 Å². The van der Waals surface area contributed by atoms with Crippen LogP contribution in [-0.2, 0) is 63.8 Å². The molecule has 7 rings (SSSR count). The number of halogens is 1. The molecule has 1 aromatic carbocycles. The number of hydrogen-bond donors (Lipinski definition) is 2. The normalized spacial score (nSPS) is 33.0. The number of imide groups is 2. The van der Waals surface area contributed by atoms with Crippen LogP contribution in [-0.4, -0.2) is 155 Å². The molecule has 1 saturated carbocycles. The molecule has 9 atom stereocenters. The zero-order valence-corrected chi connectivity index (χ0v) is 43.9. The zero-order chi connectivity index (χ0) is 52.4. The molecule has 1 aliphatic carbocycles. The van der Waals surface area contributed by atoms with Crippen LogP contribution in [0, 0.1) is 24.7 Å². The van der Waals surface area contributed by atoms with Crippen molar-refractivity contribution in [3.8, 4) is 0 Å². The molecule has 5 heterocycles. The number of likely N-dealkylation sites (tertiary alicyclic amines) is 1. The second-order valence-corrected chi connectivity index (χ2v) is 22.2. The lowest BCUT2D eigenvalue weighted by Gasteiger charge is -2.42. The highest BCUT2D eigenvalue weighted by atomic mass is 35.5. The van der Waals surface area contributed by atoms with Crippen LogP contribution in [0.25, 0.3) is 0 Å². The number of aryl methyl sites for hydroxylation is 1. The van der Waals surface area contributed by atoms with Gasteiger partial charge in [0.05, 0.1) is 34.4 Å². The number of epoxide rings is 1. The van der Waals surface area contributed by atoms with Gasteiger partial charge in [0, 0.05) is 52.3 Å². The molecule has 394 valence electrons. The van der Waals surface area contributed by atoms with Crippen LogP contribution in [0.5, 0.6) is 0 Å². The number of hydroxylamine groups is 2. The van der Waals surface area contributed by atoms with Gasteiger partial charge in [-0.05, 0) is 109 Å². The quantitative estimate of drug-likeness (QED) is 0.115. The fourth-order valence-corrected chi connectivity index (χ4v) is 11.8. The maximum atomic E-state index is 14.3. The fraction of sp³-hybridized carbons (Fsp3) is 0.647. The van der Waals surface area contributed by atoms with Crippen LogP contribution < -0.4 is 10.2 Å². The Kier molecular flexibility index (Phi) is 17.3. The fourth-order valence-electron chi connectivity index (χ4n) is 10.4. The van der Waals surface area contributed by atoms with E-state index in [1.807, 2.05) is 43.9 Å². The van der Waals surface area contributed by atoms with Crippen molar-refractivity contribution in [3.63, 3.8) is 0 Å². The average Bonchev–Trinajstić information content (AvgIpc) is 3.84. The zero-order valence-electron chi connectivity index (χ0n) is 42.3. The van der Waals surface area contributed by atoms with Gasteiger partial charge in [-0.1, -0.05) is 48.4 Å². The number of fused-ring (bicyclic) bond motifs is 5. The number of amides is 6. The highest BCUT2D eigenvalue weighted by molar-refractivity contribution is 8.00. The summed E-state index contributed by atoms with van der Waals surface area (Å²) in [6.07, 6.45) is 3.88. The van der Waals surface area contributed by atoms with Crippen molar-refractivity contribution in [3.05, 3.63) is 52.1 Å². The van der Waals surface area contributed by atoms with Gasteiger partial charge in [0.1, 0.15) is 30.0 Å². The van der Waals surface area contributed by atoms with E-state index in [9.17, 15) is 43.5 Å². The van der Waals surface area contributed by atoms with E-state index >= 15 is 0 Å². The number of anilines is 1. The minimum atomic E-state index is -1.84. The van der Waals surface area contributed by atoms with Gasteiger partial charge in [0.2, 0.25) is 17.7 Å². The molecule has 0 spiro atoms. The second kappa shape index (κ2) is 22.7. The largest absolute Gasteiger partial charge is 0.457 e. The van der Waals surface area contributed by atoms with Crippen LogP contribution in [0.3, 0.4) is 0 Å². The molecule has 5 aliphatic heterocycles. The van der Waals surface area contributed by atoms with E-state index in [0.29, 0.717) is 66.6 Å². The van der Waals surface area contributed by atoms with Crippen LogP contribution >= 0.6 is 23.4 Å². The summed E-state index contributed by atoms with van der Waals surface area (Å²) in [4.78, 5) is 114. The van der Waals surface area contributed by atoms with Crippen molar-refractivity contribution in [1.82, 2.24) is 20.2 Å². The number of carbonyl (C=O) groups excluding carboxylic acids is 8. The van der Waals surface area contributed by atoms with Gasteiger partial charge in [-0.15, -0.1) is 16.8 Å². The Morgan fingerprint density at radius 1 is 1.03 bits per heavy atom. The van der Waals surface area contributed by atoms with Crippen LogP contribution in [0.4, 0.5) is 10.5 Å². The average molecular weight is 1040 g/mol. The summed E-state index contributed by atoms with van der Waals surface area (Å²) in [5.74, 6) is -3.62. The number of aliphatic hydroxyl groups is 1. The van der Waals surface area contributed by atoms with E-state index in [1.54, 1.807) is 40.1 Å². The molecule has 2 N–H and O–H groups in total. The number of carbonyl (C=O) groups is 8. The Balaban J connectivity index is 0.960. The molecule has 1 aromatic rings. The molecule has 4 bridgehead atoms. The van der Waals surface area contributed by atoms with Crippen LogP contribution in [0.2, 0.25) is 5.02 Å². The Morgan fingerprint density at radius 2 is 1.72 bits per heavy atom. The van der Waals surface area contributed by atoms with Crippen molar-refractivity contribution in [1.29, 1.82) is 0 Å². The van der Waals surface area contributed by atoms with Gasteiger partial charge in [0.25, 0.3) is 11.8 Å². The summed E-state index contributed by atoms with van der Waals surface area (Å²) < 4.78 is 24.0. The van der Waals surface area contributed by atoms with E-state index in [0.717, 1.165) is 16.7 Å². The Morgan fingerprint density at radius 3 is 2.40 bits per heavy atom. The van der Waals surface area contributed by atoms with Crippen molar-refractivity contribution in [2.75, 3.05) is 44.9 Å². The van der Waals surface area contributed by atoms with E-state index in [-0.39, 0.29) is 62.3 Å². The lowest BCUT2D eigenvalue weighted by atomic mass is 9.82. The van der Waals surface area contributed by atoms with Gasteiger partial charge in [0.15, 0.2) is 5.72 Å². The van der Waals surface area contributed by atoms with Gasteiger partial charge < -0.3 is 33.8 Å². The predicted octanol–water partition coefficient (Wildman–Crippen LogP) is 4.95. The molecule has 19 nitrogen and oxygen atoms in total. The van der Waals surface area contributed by atoms with Gasteiger partial charge in [-0.3, -0.25) is 43.9 Å². The number of nitrogens with zero attached hydrogens (tertiary/aromatic N) is 4. The highest BCUT2D eigenvalue weighted by Gasteiger charge is 2.64. The van der Waals surface area contributed by atoms with Gasteiger partial charge in [-0.25, -0.2) is 9.59 Å². The van der Waals surface area contributed by atoms with Crippen LogP contribution in [0.1, 0.15) is 103 Å². The summed E-state index contributed by atoms with van der Waals surface area (Å²) >= 11 is 8.23. The summed E-state index contributed by atoms with van der Waals surface area (Å²) in [6, 6.07) is 3.04. The van der Waals surface area contributed by atoms with Crippen LogP contribution in [0.15, 0.2) is 35.9 Å². The van der Waals surface area contributed by atoms with Crippen molar-refractivity contribution < 1.29 is 67.2 Å². The number of esters is 1. The predicted molar refractivity (Wildman–Crippen MR) is 264 cm³/mol. The number of thioether (sulfide) groups is 1. The number of nitrogens with one attached hydrogen (secondary N) is 1. The van der Waals surface area contributed by atoms with E-state index in [1.165, 1.54) is 28.7 Å². The number of methoxy groups -OCH3 is 1. The summed E-state index contributed by atoms with van der Waals surface area (Å²) in [7, 11) is 4.84. The third-order valence-electron chi connectivity index (χ3n) is 15.2. The minimum Gasteiger partial charge on any atom is -0.457 e. The summed E-state index contributed by atoms with van der Waals surface area (Å²) in [5.41, 5.74) is 0.0810. The molecule has 0 aromatic heterocycles. The first-order valence-electron chi connectivity index (χ1n) is 24.8. The number of rotatable bonds is 13. The SMILES string of the molecule is CO[C@@H]1/C=C/C=C(\C)Cc2cc(C)c(Cl)c(c2)N(C)C(=O)C[C@H](OC(=O)[C@H](C)N(C)CCCSC2CC(=O)N(C[C@H]3CC[C@H](C(=O)ON4C(=O)CCC4=O)CC3)C2=O)[C@]2(C)O[C@H]2[C@H](C)[C@@H]2C[C@@]1(O)NC(=O)O2. The monoisotopic (exact) mass is 1040 g/mol. The van der Waals surface area contributed by atoms with Crippen molar-refractivity contribution in [2.45, 2.75) is 152 Å². The number of allylic oxidation sites excluding steroid dienone is 3. The maximum Gasteiger partial charge on any atom is 0.409 e. The first-order valence-corrected chi connectivity index (χ1v) is 26.2. The van der Waals surface area contributed by atoms with Crippen molar-refractivity contribution >= 4 is 76.6 Å². The molecular formula is C51H68ClN5O14S. The Labute approximate surface area is 429 Å². The second-order valence-electron chi connectivity index (χ2n) is 20.5. The number of alkyl carbamates (subject to hydrolysis) is 1. The van der Waals surface area contributed by atoms with E-state index in [4.69, 9.17) is 35.4 Å². The number of benzene rings is 1. The molecule has 5 fully saturated rings. The Bertz CT molecular complexity index is 2360. The molecular weight excluding hydrogens is 974 g/mol. The topological polar surface area (TPSA) is 231 Å². The molecule has 21 heteroatoms. The minimum absolute atomic E-state index is 0.00982. The smallest absolute Gasteiger partial charge is 0.409 e. The first kappa shape index (κ1) is 54.9. The summed E-state index contributed by atoms with van der Waals surface area (Å²) in [6.45, 7) is 9.78. The van der Waals surface area contributed by atoms with Crippen molar-refractivity contribution in [2.24, 2.45) is 17.8 Å². The highest BCUT2D eigenvalue weighted by Crippen LogP contribution is 2.49. The Hall–Kier alpha value is -4.86. The molecule has 4 saturated heterocycles. The van der Waals surface area contributed by atoms with E-state index < -0.39 is 88.7 Å². The molecule has 72 heavy (non-hydrogen) atoms. The number of ether oxygens (including phenoxy) is 4. The molecule has 1 unspecified atom stereocenters. The standard InChI is InChI=1S/C51H68ClN5O14S/c1-28-11-9-12-38(67-8)51(66)26-36(68-49(65)53-51)30(3)45-50(5,70-45)39(25-42(60)55(7)35-23-33(21-28)22-29(2)44(35)52)69-47(63)31(4)54(6)19-10-20-72-37-24-43(61)56(46(37)62)27-32-13-15-34(16-14-32)48(64)71-57-40(58)17-18-41(57)59/h9,11-12,22-23,30-32,34,36-39,45,66H,10,13-21,24-27H2,1-8H3,(H,53,65)/b12-9+,28-11+/t30-,31+,32-,34-,36+,37?,38-,39+,45+,50+,51+/m1/s1. The van der Waals surface area contributed by atoms with Gasteiger partial charge in [-0.2, -0.15) is 0 Å². The number of hydrogen-bond acceptors (Lipinski definition) is 16. The maximum absolute atomic E-state index is 14.3. The lowest BCUT2D eigenvalue weighted by Crippen LogP contribution is -2.63. The third kappa shape index (κ3) is 12.2. The molecule has 6 aliphatic rings. The molecule has 0 radical (unpaired) electrons. The van der Waals surface area contributed by atoms with Gasteiger partial charge >= 0.3 is 18.0 Å². The number of likely N-dealkylation sites (N-methyl/N-ethyl adjacent to an activating group) is 1. The lowest BCUT2D eigenvalue weighted by molar-refractivity contribution is -0.201. The molecule has 6 amide bonds. The first-order chi connectivity index (χ1) is 34.0. The summed E-state index contributed by atoms with van der Waals surface area (Å²) in [5, 5.41) is 14.8.